The third kappa shape index (κ3) is 14.9. The van der Waals surface area contributed by atoms with Crippen LogP contribution in [-0.2, 0) is 26.1 Å². The van der Waals surface area contributed by atoms with E-state index in [0.717, 1.165) is 0 Å². The van der Waals surface area contributed by atoms with Gasteiger partial charge in [-0.05, 0) is 75.4 Å². The fraction of sp³-hybridized carbons (Fsp3) is 0.195. The summed E-state index contributed by atoms with van der Waals surface area (Å²) >= 11 is 5.84. The van der Waals surface area contributed by atoms with E-state index in [1.807, 2.05) is 0 Å². The van der Waals surface area contributed by atoms with E-state index in [1.165, 1.54) is 82.1 Å². The molecule has 0 aliphatic rings. The van der Waals surface area contributed by atoms with Gasteiger partial charge in [0.15, 0.2) is 0 Å². The van der Waals surface area contributed by atoms with Crippen molar-refractivity contribution >= 4 is 70.1 Å². The monoisotopic (exact) mass is 864 g/mol. The van der Waals surface area contributed by atoms with E-state index in [9.17, 15) is 38.3 Å². The summed E-state index contributed by atoms with van der Waals surface area (Å²) in [4.78, 5) is 68.3. The molecule has 1 heterocycles. The highest BCUT2D eigenvalue weighted by atomic mass is 35.5. The summed E-state index contributed by atoms with van der Waals surface area (Å²) < 4.78 is 34.6. The summed E-state index contributed by atoms with van der Waals surface area (Å²) in [7, 11) is 5.73. The molecule has 0 saturated carbocycles. The molecule has 0 aliphatic heterocycles. The number of rotatable bonds is 9. The molecule has 0 unspecified atom stereocenters. The molecule has 0 fully saturated rings. The summed E-state index contributed by atoms with van der Waals surface area (Å²) in [6.45, 7) is 5.39. The number of nitrogens with zero attached hydrogens (tertiary/aromatic N) is 2. The van der Waals surface area contributed by atoms with E-state index < -0.39 is 41.3 Å². The molecule has 0 bridgehead atoms. The minimum Gasteiger partial charge on any atom is -0.507 e. The second-order valence-corrected chi connectivity index (χ2v) is 13.6. The number of phenolic OH excluding ortho intramolecular Hbond substituents is 1. The van der Waals surface area contributed by atoms with E-state index in [2.05, 4.69) is 31.1 Å². The quantitative estimate of drug-likeness (QED) is 0.0648. The number of hydrogen-bond acceptors (Lipinski definition) is 12. The van der Waals surface area contributed by atoms with Crippen molar-refractivity contribution in [3.05, 3.63) is 119 Å². The molecule has 5 aromatic rings. The van der Waals surface area contributed by atoms with Crippen LogP contribution >= 0.6 is 11.6 Å². The maximum absolute atomic E-state index is 13.5. The zero-order chi connectivity index (χ0) is 45.4. The Hall–Kier alpha value is -7.67. The number of carboxylic acids is 1. The van der Waals surface area contributed by atoms with Crippen LogP contribution in [0, 0.1) is 5.82 Å². The number of ether oxygens (including phenoxy) is 4. The molecule has 0 aliphatic carbocycles. The van der Waals surface area contributed by atoms with E-state index in [0.29, 0.717) is 22.7 Å². The van der Waals surface area contributed by atoms with Gasteiger partial charge >= 0.3 is 23.9 Å². The smallest absolute Gasteiger partial charge is 0.412 e. The van der Waals surface area contributed by atoms with Gasteiger partial charge in [0, 0.05) is 42.4 Å². The van der Waals surface area contributed by atoms with Crippen LogP contribution in [0.4, 0.5) is 31.9 Å². The Labute approximate surface area is 353 Å². The maximum atomic E-state index is 13.5. The van der Waals surface area contributed by atoms with Gasteiger partial charge in [-0.15, -0.1) is 0 Å². The number of aryl methyl sites for hydroxylation is 1. The molecule has 20 heteroatoms. The predicted molar refractivity (Wildman–Crippen MR) is 222 cm³/mol. The van der Waals surface area contributed by atoms with Crippen molar-refractivity contribution in [2.24, 2.45) is 7.05 Å². The second kappa shape index (κ2) is 21.9. The number of methoxy groups -OCH3 is 3. The number of nitrogens with one attached hydrogen (secondary N) is 4. The number of aromatic hydroxyl groups is 1. The fourth-order valence-corrected chi connectivity index (χ4v) is 4.91. The number of carbonyl (C=O) groups is 6. The summed E-state index contributed by atoms with van der Waals surface area (Å²) in [5.74, 6) is -4.75. The SMILES string of the molecule is COC(=O)c1ccc(NC(=O)c2ccccc2F)cc1O.COc1cc(OC)c(NC(=O)C(=O)O)cc1Cl.Cn1cc(C(=O)Nc2ccc(NC(=O)OC(C)(C)C)cc2)cn1. The minimum atomic E-state index is -1.60. The van der Waals surface area contributed by atoms with Crippen molar-refractivity contribution < 1.29 is 62.3 Å². The van der Waals surface area contributed by atoms with Crippen molar-refractivity contribution in [2.75, 3.05) is 42.6 Å². The number of aliphatic carboxylic acids is 1. The molecule has 61 heavy (non-hydrogen) atoms. The van der Waals surface area contributed by atoms with Gasteiger partial charge in [-0.2, -0.15) is 5.10 Å². The highest BCUT2D eigenvalue weighted by Gasteiger charge is 2.18. The number of phenols is 1. The van der Waals surface area contributed by atoms with Gasteiger partial charge < -0.3 is 45.1 Å². The molecule has 4 aromatic carbocycles. The minimum absolute atomic E-state index is 0.0265. The van der Waals surface area contributed by atoms with Gasteiger partial charge in [0.2, 0.25) is 0 Å². The van der Waals surface area contributed by atoms with Gasteiger partial charge in [-0.1, -0.05) is 23.7 Å². The van der Waals surface area contributed by atoms with E-state index >= 15 is 0 Å². The zero-order valence-electron chi connectivity index (χ0n) is 33.8. The number of anilines is 4. The first-order valence-corrected chi connectivity index (χ1v) is 18.0. The molecule has 0 spiro atoms. The lowest BCUT2D eigenvalue weighted by atomic mass is 10.1. The summed E-state index contributed by atoms with van der Waals surface area (Å²) in [6, 6.07) is 19.0. The Kier molecular flexibility index (Phi) is 17.1. The highest BCUT2D eigenvalue weighted by molar-refractivity contribution is 6.37. The van der Waals surface area contributed by atoms with Crippen LogP contribution < -0.4 is 30.7 Å². The number of amides is 4. The average Bonchev–Trinajstić information content (AvgIpc) is 3.64. The van der Waals surface area contributed by atoms with Crippen molar-refractivity contribution in [1.82, 2.24) is 9.78 Å². The molecule has 0 saturated heterocycles. The van der Waals surface area contributed by atoms with Gasteiger partial charge in [-0.3, -0.25) is 24.4 Å². The summed E-state index contributed by atoms with van der Waals surface area (Å²) in [5.41, 5.74) is 1.37. The second-order valence-electron chi connectivity index (χ2n) is 13.2. The molecule has 5 rings (SSSR count). The van der Waals surface area contributed by atoms with Gasteiger partial charge in [-0.25, -0.2) is 18.8 Å². The molecule has 1 aromatic heterocycles. The van der Waals surface area contributed by atoms with Crippen molar-refractivity contribution in [1.29, 1.82) is 0 Å². The predicted octanol–water partition coefficient (Wildman–Crippen LogP) is 6.97. The molecule has 4 amide bonds. The number of carbonyl (C=O) groups excluding carboxylic acids is 5. The lowest BCUT2D eigenvalue weighted by Crippen LogP contribution is -2.27. The first-order valence-electron chi connectivity index (χ1n) is 17.6. The Morgan fingerprint density at radius 2 is 1.34 bits per heavy atom. The van der Waals surface area contributed by atoms with Gasteiger partial charge in [0.1, 0.15) is 34.2 Å². The van der Waals surface area contributed by atoms with Gasteiger partial charge in [0.05, 0.1) is 49.4 Å². The van der Waals surface area contributed by atoms with Crippen LogP contribution in [0.3, 0.4) is 0 Å². The van der Waals surface area contributed by atoms with Crippen molar-refractivity contribution in [3.8, 4) is 17.2 Å². The Bertz CT molecular complexity index is 2380. The lowest BCUT2D eigenvalue weighted by molar-refractivity contribution is -0.147. The zero-order valence-corrected chi connectivity index (χ0v) is 34.5. The molecule has 322 valence electrons. The number of hydrogen-bond donors (Lipinski definition) is 6. The third-order valence-corrected chi connectivity index (χ3v) is 7.75. The topological polar surface area (TPSA) is 246 Å². The van der Waals surface area contributed by atoms with Gasteiger partial charge in [0.25, 0.3) is 11.8 Å². The molecular formula is C41H42ClFN6O12. The highest BCUT2D eigenvalue weighted by Crippen LogP contribution is 2.36. The standard InChI is InChI=1S/C16H20N4O3.C15H12FNO4.C10H10ClNO5/c1-16(2,3)23-15(22)19-13-7-5-12(6-8-13)18-14(21)11-9-17-20(4)10-11;1-21-15(20)11-7-6-9(8-13(11)18)17-14(19)10-4-2-3-5-12(10)16;1-16-7-4-8(17-2)6(3-5(7)11)12-9(13)10(14)15/h5-10H,1-4H3,(H,18,21)(H,19,22);2-8,18H,1H3,(H,17,19);3-4H,1-2H3,(H,12,13)(H,14,15). The molecule has 0 atom stereocenters. The van der Waals surface area contributed by atoms with Crippen LogP contribution in [0.2, 0.25) is 5.02 Å². The van der Waals surface area contributed by atoms with Crippen LogP contribution in [-0.4, -0.2) is 82.7 Å². The van der Waals surface area contributed by atoms with E-state index in [1.54, 1.807) is 63.0 Å². The van der Waals surface area contributed by atoms with Crippen molar-refractivity contribution in [2.45, 2.75) is 26.4 Å². The number of aromatic nitrogens is 2. The third-order valence-electron chi connectivity index (χ3n) is 7.45. The molecule has 0 radical (unpaired) electrons. The normalized spacial score (nSPS) is 10.2. The number of benzene rings is 4. The number of esters is 1. The fourth-order valence-electron chi connectivity index (χ4n) is 4.67. The van der Waals surface area contributed by atoms with E-state index in [4.69, 9.17) is 30.9 Å². The van der Waals surface area contributed by atoms with Crippen molar-refractivity contribution in [3.63, 3.8) is 0 Å². The van der Waals surface area contributed by atoms with Crippen LogP contribution in [0.15, 0.2) is 91.3 Å². The summed E-state index contributed by atoms with van der Waals surface area (Å²) in [5, 5.41) is 32.3. The first kappa shape index (κ1) is 47.7. The Balaban J connectivity index is 0.000000247. The largest absolute Gasteiger partial charge is 0.507 e. The number of halogens is 2. The van der Waals surface area contributed by atoms with Crippen LogP contribution in [0.1, 0.15) is 51.8 Å². The Morgan fingerprint density at radius 3 is 1.87 bits per heavy atom. The Morgan fingerprint density at radius 1 is 0.754 bits per heavy atom. The molecule has 6 N–H and O–H groups in total. The average molecular weight is 865 g/mol. The van der Waals surface area contributed by atoms with Crippen LogP contribution in [0.5, 0.6) is 17.2 Å². The van der Waals surface area contributed by atoms with Crippen LogP contribution in [0.25, 0.3) is 0 Å². The first-order chi connectivity index (χ1) is 28.7. The molecular weight excluding hydrogens is 823 g/mol. The maximum Gasteiger partial charge on any atom is 0.412 e. The van der Waals surface area contributed by atoms with E-state index in [-0.39, 0.29) is 44.9 Å². The number of carboxylic acid groups (broad SMARTS) is 1. The molecule has 18 nitrogen and oxygen atoms in total. The lowest BCUT2D eigenvalue weighted by Gasteiger charge is -2.19. The summed E-state index contributed by atoms with van der Waals surface area (Å²) in [6.07, 6.45) is 2.60.